The van der Waals surface area contributed by atoms with Crippen LogP contribution in [-0.4, -0.2) is 29.1 Å². The molecule has 1 heterocycles. The smallest absolute Gasteiger partial charge is 0.419 e. The summed E-state index contributed by atoms with van der Waals surface area (Å²) in [4.78, 5) is 12.9. The third-order valence-electron chi connectivity index (χ3n) is 4.95. The number of nitrogens with zero attached hydrogens (tertiary/aromatic N) is 1. The third kappa shape index (κ3) is 4.87. The highest BCUT2D eigenvalue weighted by atomic mass is 19.4. The number of aliphatic carboxylic acids is 1. The molecule has 2 aromatic rings. The maximum absolute atomic E-state index is 13.4. The van der Waals surface area contributed by atoms with Gasteiger partial charge in [-0.25, -0.2) is 4.39 Å². The highest BCUT2D eigenvalue weighted by Crippen LogP contribution is 2.33. The van der Waals surface area contributed by atoms with Gasteiger partial charge in [-0.2, -0.15) is 13.2 Å². The molecule has 0 saturated carbocycles. The van der Waals surface area contributed by atoms with Crippen molar-refractivity contribution in [2.45, 2.75) is 33.2 Å². The molecule has 1 N–H and O–H groups in total. The fraction of sp³-hybridized carbons (Fsp3) is 0.381. The van der Waals surface area contributed by atoms with Crippen LogP contribution in [0.3, 0.4) is 0 Å². The van der Waals surface area contributed by atoms with Crippen molar-refractivity contribution < 1.29 is 32.2 Å². The summed E-state index contributed by atoms with van der Waals surface area (Å²) >= 11 is 0. The molecule has 1 fully saturated rings. The molecular weight excluding hydrogens is 390 g/mol. The summed E-state index contributed by atoms with van der Waals surface area (Å²) in [5.41, 5.74) is 1.58. The van der Waals surface area contributed by atoms with E-state index in [1.807, 2.05) is 30.9 Å². The number of hydrogen-bond acceptors (Lipinski definition) is 3. The van der Waals surface area contributed by atoms with Crippen LogP contribution in [-0.2, 0) is 24.1 Å². The number of likely N-dealkylation sites (tertiary alicyclic amines) is 1. The second-order valence-corrected chi connectivity index (χ2v) is 7.39. The summed E-state index contributed by atoms with van der Waals surface area (Å²) in [6.07, 6.45) is -4.76. The fourth-order valence-corrected chi connectivity index (χ4v) is 3.51. The maximum atomic E-state index is 13.4. The fourth-order valence-electron chi connectivity index (χ4n) is 3.51. The van der Waals surface area contributed by atoms with Gasteiger partial charge in [-0.05, 0) is 48.2 Å². The van der Waals surface area contributed by atoms with Crippen LogP contribution in [0.15, 0.2) is 30.3 Å². The first-order valence-electron chi connectivity index (χ1n) is 9.08. The van der Waals surface area contributed by atoms with Crippen molar-refractivity contribution in [3.63, 3.8) is 0 Å². The van der Waals surface area contributed by atoms with Crippen molar-refractivity contribution in [1.82, 2.24) is 4.90 Å². The number of carbonyl (C=O) groups is 1. The molecule has 0 atom stereocenters. The molecule has 0 amide bonds. The zero-order valence-electron chi connectivity index (χ0n) is 16.0. The summed E-state index contributed by atoms with van der Waals surface area (Å²) in [7, 11) is 0. The van der Waals surface area contributed by atoms with Gasteiger partial charge in [-0.3, -0.25) is 9.69 Å². The molecule has 8 heteroatoms. The van der Waals surface area contributed by atoms with Crippen molar-refractivity contribution in [3.8, 4) is 5.75 Å². The number of benzene rings is 2. The third-order valence-corrected chi connectivity index (χ3v) is 4.95. The molecule has 1 aliphatic rings. The molecular formula is C21H21F4NO3. The molecule has 1 saturated heterocycles. The molecule has 0 aliphatic carbocycles. The monoisotopic (exact) mass is 411 g/mol. The van der Waals surface area contributed by atoms with Crippen molar-refractivity contribution in [3.05, 3.63) is 64.0 Å². The van der Waals surface area contributed by atoms with Crippen LogP contribution < -0.4 is 4.74 Å². The van der Waals surface area contributed by atoms with Gasteiger partial charge in [0.1, 0.15) is 18.2 Å². The molecule has 156 valence electrons. The van der Waals surface area contributed by atoms with Crippen LogP contribution in [0.1, 0.15) is 27.8 Å². The Bertz CT molecular complexity index is 898. The van der Waals surface area contributed by atoms with Gasteiger partial charge >= 0.3 is 12.1 Å². The highest BCUT2D eigenvalue weighted by Gasteiger charge is 2.34. The Morgan fingerprint density at radius 2 is 1.76 bits per heavy atom. The summed E-state index contributed by atoms with van der Waals surface area (Å²) in [6, 6.07) is 6.66. The van der Waals surface area contributed by atoms with E-state index in [0.717, 1.165) is 28.8 Å². The number of alkyl halides is 3. The first-order chi connectivity index (χ1) is 13.5. The molecule has 0 spiro atoms. The summed E-state index contributed by atoms with van der Waals surface area (Å²) in [6.45, 7) is 5.21. The molecule has 29 heavy (non-hydrogen) atoms. The van der Waals surface area contributed by atoms with E-state index in [1.54, 1.807) is 0 Å². The van der Waals surface area contributed by atoms with Crippen molar-refractivity contribution in [2.75, 3.05) is 13.1 Å². The standard InChI is InChI=1S/C21H21F4NO3/c1-12-5-15(8-26-9-16(10-26)20(27)28)6-13(2)19(12)29-11-14-3-4-18(22)17(7-14)21(23,24)25/h3-7,16H,8-11H2,1-2H3,(H,27,28). The van der Waals surface area contributed by atoms with E-state index in [4.69, 9.17) is 9.84 Å². The number of carboxylic acid groups (broad SMARTS) is 1. The summed E-state index contributed by atoms with van der Waals surface area (Å²) in [5, 5.41) is 8.95. The first kappa shape index (κ1) is 21.1. The second-order valence-electron chi connectivity index (χ2n) is 7.39. The van der Waals surface area contributed by atoms with Gasteiger partial charge < -0.3 is 9.84 Å². The number of rotatable bonds is 6. The van der Waals surface area contributed by atoms with Crippen molar-refractivity contribution in [2.24, 2.45) is 5.92 Å². The van der Waals surface area contributed by atoms with E-state index in [1.165, 1.54) is 6.07 Å². The molecule has 0 unspecified atom stereocenters. The maximum Gasteiger partial charge on any atom is 0.419 e. The lowest BCUT2D eigenvalue weighted by Crippen LogP contribution is -2.49. The van der Waals surface area contributed by atoms with E-state index in [9.17, 15) is 22.4 Å². The van der Waals surface area contributed by atoms with Crippen molar-refractivity contribution >= 4 is 5.97 Å². The van der Waals surface area contributed by atoms with Crippen LogP contribution in [0.4, 0.5) is 17.6 Å². The Hall–Kier alpha value is -2.61. The number of ether oxygens (including phenoxy) is 1. The van der Waals surface area contributed by atoms with Crippen LogP contribution in [0.25, 0.3) is 0 Å². The average molecular weight is 411 g/mol. The lowest BCUT2D eigenvalue weighted by molar-refractivity contribution is -0.147. The van der Waals surface area contributed by atoms with Crippen LogP contribution in [0, 0.1) is 25.6 Å². The van der Waals surface area contributed by atoms with Gasteiger partial charge in [-0.1, -0.05) is 18.2 Å². The molecule has 0 radical (unpaired) electrons. The van der Waals surface area contributed by atoms with E-state index >= 15 is 0 Å². The number of hydrogen-bond donors (Lipinski definition) is 1. The largest absolute Gasteiger partial charge is 0.488 e. The molecule has 4 nitrogen and oxygen atoms in total. The van der Waals surface area contributed by atoms with E-state index in [-0.39, 0.29) is 18.1 Å². The van der Waals surface area contributed by atoms with Gasteiger partial charge in [0, 0.05) is 19.6 Å². The Morgan fingerprint density at radius 1 is 1.14 bits per heavy atom. The predicted molar refractivity (Wildman–Crippen MR) is 98.1 cm³/mol. The van der Waals surface area contributed by atoms with Crippen LogP contribution >= 0.6 is 0 Å². The first-order valence-corrected chi connectivity index (χ1v) is 9.08. The summed E-state index contributed by atoms with van der Waals surface area (Å²) < 4.78 is 57.7. The van der Waals surface area contributed by atoms with E-state index in [0.29, 0.717) is 25.4 Å². The Kier molecular flexibility index (Phi) is 5.84. The SMILES string of the molecule is Cc1cc(CN2CC(C(=O)O)C2)cc(C)c1OCc1ccc(F)c(C(F)(F)F)c1. The van der Waals surface area contributed by atoms with Gasteiger partial charge in [-0.15, -0.1) is 0 Å². The molecule has 0 bridgehead atoms. The topological polar surface area (TPSA) is 49.8 Å². The quantitative estimate of drug-likeness (QED) is 0.709. The molecule has 2 aromatic carbocycles. The van der Waals surface area contributed by atoms with Gasteiger partial charge in [0.2, 0.25) is 0 Å². The predicted octanol–water partition coefficient (Wildman–Crippen LogP) is 4.56. The second kappa shape index (κ2) is 8.02. The van der Waals surface area contributed by atoms with Gasteiger partial charge in [0.15, 0.2) is 0 Å². The van der Waals surface area contributed by atoms with Gasteiger partial charge in [0.25, 0.3) is 0 Å². The molecule has 3 rings (SSSR count). The molecule has 0 aromatic heterocycles. The molecule has 1 aliphatic heterocycles. The van der Waals surface area contributed by atoms with E-state index < -0.39 is 23.5 Å². The van der Waals surface area contributed by atoms with Crippen molar-refractivity contribution in [1.29, 1.82) is 0 Å². The van der Waals surface area contributed by atoms with Gasteiger partial charge in [0.05, 0.1) is 11.5 Å². The summed E-state index contributed by atoms with van der Waals surface area (Å²) in [5.74, 6) is -1.85. The van der Waals surface area contributed by atoms with E-state index in [2.05, 4.69) is 0 Å². The van der Waals surface area contributed by atoms with Crippen LogP contribution in [0.2, 0.25) is 0 Å². The minimum absolute atomic E-state index is 0.114. The Morgan fingerprint density at radius 3 is 2.31 bits per heavy atom. The number of carboxylic acids is 1. The lowest BCUT2D eigenvalue weighted by atomic mass is 9.98. The zero-order chi connectivity index (χ0) is 21.3. The minimum atomic E-state index is -4.76. The Labute approximate surface area is 165 Å². The minimum Gasteiger partial charge on any atom is -0.488 e. The highest BCUT2D eigenvalue weighted by molar-refractivity contribution is 5.71. The number of aryl methyl sites for hydroxylation is 2. The Balaban J connectivity index is 1.67. The normalized spacial score (nSPS) is 15.2. The average Bonchev–Trinajstić information content (AvgIpc) is 2.57. The van der Waals surface area contributed by atoms with Crippen LogP contribution in [0.5, 0.6) is 5.75 Å². The zero-order valence-corrected chi connectivity index (χ0v) is 16.0. The number of halogens is 4. The lowest BCUT2D eigenvalue weighted by Gasteiger charge is -2.36.